The second-order valence-corrected chi connectivity index (χ2v) is 4.96. The number of rotatable bonds is 5. The fourth-order valence-electron chi connectivity index (χ4n) is 2.35. The van der Waals surface area contributed by atoms with Crippen LogP contribution >= 0.6 is 0 Å². The zero-order chi connectivity index (χ0) is 14.4. The molecule has 1 aromatic rings. The third-order valence-electron chi connectivity index (χ3n) is 3.47. The molecule has 1 aromatic carbocycles. The van der Waals surface area contributed by atoms with Gasteiger partial charge in [0, 0.05) is 39.3 Å². The maximum atomic E-state index is 11.8. The molecule has 0 atom stereocenters. The van der Waals surface area contributed by atoms with Gasteiger partial charge in [-0.2, -0.15) is 0 Å². The maximum Gasteiger partial charge on any atom is 0.248 e. The molecule has 1 aliphatic rings. The highest BCUT2D eigenvalue weighted by Crippen LogP contribution is 2.14. The third-order valence-corrected chi connectivity index (χ3v) is 3.47. The van der Waals surface area contributed by atoms with E-state index in [1.165, 1.54) is 0 Å². The van der Waals surface area contributed by atoms with Crippen molar-refractivity contribution < 1.29 is 14.6 Å². The standard InChI is InChI=1S/C15H22N2O3/c1-2-20-12-15(19)17-8-6-16(7-9-17)11-13-4-3-5-14(18)10-13/h3-5,10,18H,2,6-9,11-12H2,1H3. The topological polar surface area (TPSA) is 53.0 Å². The van der Waals surface area contributed by atoms with Gasteiger partial charge in [0.2, 0.25) is 5.91 Å². The van der Waals surface area contributed by atoms with Gasteiger partial charge in [-0.25, -0.2) is 0 Å². The number of piperazine rings is 1. The molecule has 0 spiro atoms. The molecule has 2 rings (SSSR count). The molecule has 0 unspecified atom stereocenters. The third kappa shape index (κ3) is 4.21. The van der Waals surface area contributed by atoms with Crippen LogP contribution in [0.2, 0.25) is 0 Å². The number of carbonyl (C=O) groups is 1. The van der Waals surface area contributed by atoms with Crippen LogP contribution in [-0.2, 0) is 16.1 Å². The summed E-state index contributed by atoms with van der Waals surface area (Å²) in [7, 11) is 0. The summed E-state index contributed by atoms with van der Waals surface area (Å²) >= 11 is 0. The molecule has 1 saturated heterocycles. The Labute approximate surface area is 119 Å². The van der Waals surface area contributed by atoms with Crippen LogP contribution in [0, 0.1) is 0 Å². The molecule has 1 N–H and O–H groups in total. The zero-order valence-electron chi connectivity index (χ0n) is 11.9. The Bertz CT molecular complexity index is 442. The molecule has 20 heavy (non-hydrogen) atoms. The summed E-state index contributed by atoms with van der Waals surface area (Å²) in [4.78, 5) is 16.0. The van der Waals surface area contributed by atoms with Gasteiger partial charge in [-0.1, -0.05) is 12.1 Å². The van der Waals surface area contributed by atoms with Crippen LogP contribution in [0.3, 0.4) is 0 Å². The van der Waals surface area contributed by atoms with Gasteiger partial charge >= 0.3 is 0 Å². The normalized spacial score (nSPS) is 16.4. The highest BCUT2D eigenvalue weighted by Gasteiger charge is 2.20. The van der Waals surface area contributed by atoms with Gasteiger partial charge in [-0.3, -0.25) is 9.69 Å². The molecule has 0 aromatic heterocycles. The first-order valence-electron chi connectivity index (χ1n) is 7.05. The van der Waals surface area contributed by atoms with Crippen LogP contribution in [0.5, 0.6) is 5.75 Å². The van der Waals surface area contributed by atoms with E-state index in [0.29, 0.717) is 12.4 Å². The second kappa shape index (κ2) is 7.26. The van der Waals surface area contributed by atoms with E-state index in [1.807, 2.05) is 24.0 Å². The lowest BCUT2D eigenvalue weighted by atomic mass is 10.2. The molecule has 0 saturated carbocycles. The van der Waals surface area contributed by atoms with E-state index in [4.69, 9.17) is 4.74 Å². The first kappa shape index (κ1) is 14.8. The summed E-state index contributed by atoms with van der Waals surface area (Å²) in [6.07, 6.45) is 0. The first-order chi connectivity index (χ1) is 9.69. The molecule has 0 bridgehead atoms. The second-order valence-electron chi connectivity index (χ2n) is 4.96. The zero-order valence-corrected chi connectivity index (χ0v) is 11.9. The Hall–Kier alpha value is -1.59. The maximum absolute atomic E-state index is 11.8. The number of hydrogen-bond donors (Lipinski definition) is 1. The molecule has 0 aliphatic carbocycles. The van der Waals surface area contributed by atoms with Crippen molar-refractivity contribution in [2.75, 3.05) is 39.4 Å². The van der Waals surface area contributed by atoms with Gasteiger partial charge in [0.25, 0.3) is 0 Å². The van der Waals surface area contributed by atoms with E-state index >= 15 is 0 Å². The lowest BCUT2D eigenvalue weighted by Gasteiger charge is -2.34. The molecular weight excluding hydrogens is 256 g/mol. The van der Waals surface area contributed by atoms with Crippen LogP contribution < -0.4 is 0 Å². The van der Waals surface area contributed by atoms with Crippen molar-refractivity contribution in [1.82, 2.24) is 9.80 Å². The summed E-state index contributed by atoms with van der Waals surface area (Å²) in [6.45, 7) is 6.64. The van der Waals surface area contributed by atoms with Crippen LogP contribution in [0.25, 0.3) is 0 Å². The minimum absolute atomic E-state index is 0.0730. The van der Waals surface area contributed by atoms with Gasteiger partial charge in [0.15, 0.2) is 0 Å². The van der Waals surface area contributed by atoms with Crippen LogP contribution in [-0.4, -0.2) is 60.2 Å². The predicted octanol–water partition coefficient (Wildman–Crippen LogP) is 1.07. The number of phenols is 1. The van der Waals surface area contributed by atoms with Crippen molar-refractivity contribution in [3.63, 3.8) is 0 Å². The molecule has 1 aliphatic heterocycles. The Balaban J connectivity index is 1.78. The van der Waals surface area contributed by atoms with E-state index < -0.39 is 0 Å². The molecule has 0 radical (unpaired) electrons. The highest BCUT2D eigenvalue weighted by molar-refractivity contribution is 5.77. The average Bonchev–Trinajstić information content (AvgIpc) is 2.45. The number of phenolic OH excluding ortho intramolecular Hbond substituents is 1. The van der Waals surface area contributed by atoms with Crippen LogP contribution in [0.1, 0.15) is 12.5 Å². The Morgan fingerprint density at radius 1 is 1.30 bits per heavy atom. The predicted molar refractivity (Wildman–Crippen MR) is 76.5 cm³/mol. The van der Waals surface area contributed by atoms with Gasteiger partial charge in [-0.15, -0.1) is 0 Å². The van der Waals surface area contributed by atoms with Gasteiger partial charge in [0.05, 0.1) is 0 Å². The highest BCUT2D eigenvalue weighted by atomic mass is 16.5. The van der Waals surface area contributed by atoms with Crippen molar-refractivity contribution in [2.24, 2.45) is 0 Å². The monoisotopic (exact) mass is 278 g/mol. The molecule has 5 nitrogen and oxygen atoms in total. The van der Waals surface area contributed by atoms with Gasteiger partial charge in [0.1, 0.15) is 12.4 Å². The molecule has 1 heterocycles. The average molecular weight is 278 g/mol. The van der Waals surface area contributed by atoms with E-state index in [9.17, 15) is 9.90 Å². The van der Waals surface area contributed by atoms with Crippen molar-refractivity contribution in [1.29, 1.82) is 0 Å². The smallest absolute Gasteiger partial charge is 0.248 e. The minimum atomic E-state index is 0.0730. The molecule has 1 amide bonds. The number of nitrogens with zero attached hydrogens (tertiary/aromatic N) is 2. The summed E-state index contributed by atoms with van der Waals surface area (Å²) in [6, 6.07) is 7.32. The van der Waals surface area contributed by atoms with E-state index in [0.717, 1.165) is 38.3 Å². The Kier molecular flexibility index (Phi) is 5.38. The van der Waals surface area contributed by atoms with Gasteiger partial charge < -0.3 is 14.7 Å². The number of hydrogen-bond acceptors (Lipinski definition) is 4. The Morgan fingerprint density at radius 3 is 2.70 bits per heavy atom. The van der Waals surface area contributed by atoms with E-state index in [2.05, 4.69) is 4.90 Å². The van der Waals surface area contributed by atoms with E-state index in [1.54, 1.807) is 12.1 Å². The molecule has 1 fully saturated rings. The van der Waals surface area contributed by atoms with Crippen molar-refractivity contribution in [3.8, 4) is 5.75 Å². The largest absolute Gasteiger partial charge is 0.508 e. The summed E-state index contributed by atoms with van der Waals surface area (Å²) in [5.41, 5.74) is 1.10. The molecule has 5 heteroatoms. The number of benzene rings is 1. The summed E-state index contributed by atoms with van der Waals surface area (Å²) < 4.78 is 5.15. The van der Waals surface area contributed by atoms with Crippen LogP contribution in [0.15, 0.2) is 24.3 Å². The lowest BCUT2D eigenvalue weighted by Crippen LogP contribution is -2.49. The fraction of sp³-hybridized carbons (Fsp3) is 0.533. The first-order valence-corrected chi connectivity index (χ1v) is 7.05. The van der Waals surface area contributed by atoms with Crippen molar-refractivity contribution in [3.05, 3.63) is 29.8 Å². The van der Waals surface area contributed by atoms with Crippen LogP contribution in [0.4, 0.5) is 0 Å². The Morgan fingerprint density at radius 2 is 2.05 bits per heavy atom. The lowest BCUT2D eigenvalue weighted by molar-refractivity contribution is -0.137. The number of carbonyl (C=O) groups excluding carboxylic acids is 1. The van der Waals surface area contributed by atoms with E-state index in [-0.39, 0.29) is 12.5 Å². The SMILES string of the molecule is CCOCC(=O)N1CCN(Cc2cccc(O)c2)CC1. The van der Waals surface area contributed by atoms with Crippen molar-refractivity contribution >= 4 is 5.91 Å². The summed E-state index contributed by atoms with van der Waals surface area (Å²) in [5.74, 6) is 0.372. The number of ether oxygens (including phenoxy) is 1. The molecular formula is C15H22N2O3. The fourth-order valence-corrected chi connectivity index (χ4v) is 2.35. The minimum Gasteiger partial charge on any atom is -0.508 e. The van der Waals surface area contributed by atoms with Gasteiger partial charge in [-0.05, 0) is 24.6 Å². The number of aromatic hydroxyl groups is 1. The summed E-state index contributed by atoms with van der Waals surface area (Å²) in [5, 5.41) is 9.45. The molecule has 110 valence electrons. The number of amides is 1. The quantitative estimate of drug-likeness (QED) is 0.875. The van der Waals surface area contributed by atoms with Crippen molar-refractivity contribution in [2.45, 2.75) is 13.5 Å².